The van der Waals surface area contributed by atoms with Crippen LogP contribution in [0.4, 0.5) is 4.79 Å². The predicted octanol–water partition coefficient (Wildman–Crippen LogP) is 2.53. The topological polar surface area (TPSA) is 88.8 Å². The highest BCUT2D eigenvalue weighted by atomic mass is 28.4. The molecule has 23 heavy (non-hydrogen) atoms. The van der Waals surface area contributed by atoms with Crippen LogP contribution >= 0.6 is 0 Å². The summed E-state index contributed by atoms with van der Waals surface area (Å²) >= 11 is 0. The van der Waals surface area contributed by atoms with Crippen LogP contribution in [0.1, 0.15) is 31.3 Å². The summed E-state index contributed by atoms with van der Waals surface area (Å²) in [5.41, 5.74) is -0.504. The van der Waals surface area contributed by atoms with E-state index in [1.807, 2.05) is 0 Å². The van der Waals surface area contributed by atoms with Crippen LogP contribution in [0.15, 0.2) is 24.3 Å². The summed E-state index contributed by atoms with van der Waals surface area (Å²) in [5.74, 6) is -1.23. The minimum atomic E-state index is -2.68. The first-order valence-corrected chi connectivity index (χ1v) is 10.2. The molecule has 0 aliphatic rings. The first kappa shape index (κ1) is 17.2. The van der Waals surface area contributed by atoms with Crippen molar-refractivity contribution in [2.24, 2.45) is 0 Å². The van der Waals surface area contributed by atoms with Crippen LogP contribution in [0, 0.1) is 0 Å². The minimum Gasteiger partial charge on any atom is -0.477 e. The molecular weight excluding hydrogens is 314 g/mol. The minimum absolute atomic E-state index is 0.181. The van der Waals surface area contributed by atoms with Gasteiger partial charge in [-0.2, -0.15) is 0 Å². The average Bonchev–Trinajstić information content (AvgIpc) is 2.74. The highest BCUT2D eigenvalue weighted by molar-refractivity contribution is 6.85. The molecule has 0 saturated carbocycles. The fraction of sp³-hybridized carbons (Fsp3) is 0.375. The Bertz CT molecular complexity index is 780. The molecule has 0 saturated heterocycles. The van der Waals surface area contributed by atoms with Crippen molar-refractivity contribution in [2.45, 2.75) is 39.5 Å². The third-order valence-electron chi connectivity index (χ3n) is 3.30. The van der Waals surface area contributed by atoms with Crippen molar-refractivity contribution in [2.75, 3.05) is 0 Å². The number of nitrogens with zero attached hydrogens (tertiary/aromatic N) is 1. The van der Waals surface area contributed by atoms with Crippen molar-refractivity contribution < 1.29 is 24.2 Å². The maximum atomic E-state index is 12.4. The predicted molar refractivity (Wildman–Crippen MR) is 89.9 cm³/mol. The van der Waals surface area contributed by atoms with Crippen molar-refractivity contribution in [3.05, 3.63) is 30.0 Å². The van der Waals surface area contributed by atoms with E-state index in [9.17, 15) is 19.5 Å². The van der Waals surface area contributed by atoms with E-state index in [4.69, 9.17) is 4.74 Å². The second kappa shape index (κ2) is 5.50. The molecule has 124 valence electrons. The molecule has 1 aromatic heterocycles. The van der Waals surface area contributed by atoms with E-state index in [2.05, 4.69) is 0 Å². The van der Waals surface area contributed by atoms with E-state index < -0.39 is 26.0 Å². The molecular formula is C16H21NO5Si. The van der Waals surface area contributed by atoms with Crippen LogP contribution in [0.2, 0.25) is 13.1 Å². The molecule has 1 heterocycles. The molecule has 6 nitrogen and oxygen atoms in total. The molecule has 0 spiro atoms. The number of aromatic nitrogens is 1. The highest BCUT2D eigenvalue weighted by Crippen LogP contribution is 2.22. The number of aromatic carboxylic acids is 1. The van der Waals surface area contributed by atoms with Gasteiger partial charge >= 0.3 is 12.1 Å². The van der Waals surface area contributed by atoms with Crippen molar-refractivity contribution >= 4 is 36.5 Å². The number of hydrogen-bond acceptors (Lipinski definition) is 4. The quantitative estimate of drug-likeness (QED) is 0.823. The zero-order valence-electron chi connectivity index (χ0n) is 13.9. The molecule has 0 aliphatic carbocycles. The number of rotatable bonds is 2. The molecule has 0 atom stereocenters. The van der Waals surface area contributed by atoms with Gasteiger partial charge < -0.3 is 14.6 Å². The van der Waals surface area contributed by atoms with Gasteiger partial charge in [-0.15, -0.1) is 0 Å². The van der Waals surface area contributed by atoms with Gasteiger partial charge in [0.25, 0.3) is 0 Å². The Kier molecular flexibility index (Phi) is 4.12. The zero-order valence-corrected chi connectivity index (χ0v) is 14.9. The zero-order chi connectivity index (χ0) is 17.6. The smallest absolute Gasteiger partial charge is 0.419 e. The normalized spacial score (nSPS) is 12.4. The number of ether oxygens (including phenoxy) is 1. The summed E-state index contributed by atoms with van der Waals surface area (Å²) in [6, 6.07) is 6.53. The van der Waals surface area contributed by atoms with Gasteiger partial charge in [-0.05, 0) is 51.2 Å². The van der Waals surface area contributed by atoms with Gasteiger partial charge in [0.15, 0.2) is 0 Å². The Morgan fingerprint density at radius 1 is 1.22 bits per heavy atom. The van der Waals surface area contributed by atoms with Crippen LogP contribution in [0.3, 0.4) is 0 Å². The third kappa shape index (κ3) is 3.46. The lowest BCUT2D eigenvalue weighted by molar-refractivity contribution is 0.0513. The fourth-order valence-electron chi connectivity index (χ4n) is 2.43. The largest absolute Gasteiger partial charge is 0.477 e. The van der Waals surface area contributed by atoms with Crippen molar-refractivity contribution in [1.82, 2.24) is 4.57 Å². The van der Waals surface area contributed by atoms with Crippen molar-refractivity contribution in [3.63, 3.8) is 0 Å². The van der Waals surface area contributed by atoms with Gasteiger partial charge in [-0.25, -0.2) is 14.2 Å². The van der Waals surface area contributed by atoms with Crippen LogP contribution in [0.5, 0.6) is 0 Å². The number of carbonyl (C=O) groups excluding carboxylic acids is 1. The summed E-state index contributed by atoms with van der Waals surface area (Å²) in [6.07, 6.45) is -0.750. The van der Waals surface area contributed by atoms with E-state index >= 15 is 0 Å². The summed E-state index contributed by atoms with van der Waals surface area (Å²) in [4.78, 5) is 34.4. The van der Waals surface area contributed by atoms with Gasteiger partial charge in [-0.1, -0.05) is 12.1 Å². The molecule has 1 aromatic carbocycles. The maximum absolute atomic E-state index is 12.4. The Hall–Kier alpha value is -2.12. The summed E-state index contributed by atoms with van der Waals surface area (Å²) in [5, 5.41) is 10.7. The standard InChI is InChI=1S/C16H21NO5Si/c1-16(2,3)22-15(20)17-11-7-6-8-13(23(4,5)21)10(11)9-12(17)14(18)19/h6-9,21H,1-5H3,(H,18,19). The lowest BCUT2D eigenvalue weighted by Crippen LogP contribution is -2.41. The molecule has 0 amide bonds. The van der Waals surface area contributed by atoms with Gasteiger partial charge in [0.1, 0.15) is 11.3 Å². The maximum Gasteiger partial charge on any atom is 0.419 e. The second-order valence-corrected chi connectivity index (χ2v) is 10.6. The molecule has 2 aromatic rings. The Labute approximate surface area is 135 Å². The van der Waals surface area contributed by atoms with Gasteiger partial charge in [0.05, 0.1) is 5.52 Å². The molecule has 7 heteroatoms. The van der Waals surface area contributed by atoms with Crippen LogP contribution in [0.25, 0.3) is 10.9 Å². The molecule has 0 radical (unpaired) electrons. The van der Waals surface area contributed by atoms with Gasteiger partial charge in [0, 0.05) is 5.39 Å². The lowest BCUT2D eigenvalue weighted by Gasteiger charge is -2.20. The highest BCUT2D eigenvalue weighted by Gasteiger charge is 2.29. The Morgan fingerprint density at radius 3 is 2.30 bits per heavy atom. The van der Waals surface area contributed by atoms with E-state index in [0.717, 1.165) is 4.57 Å². The number of hydrogen-bond donors (Lipinski definition) is 2. The number of carboxylic acids is 1. The van der Waals surface area contributed by atoms with E-state index in [-0.39, 0.29) is 5.69 Å². The van der Waals surface area contributed by atoms with Crippen molar-refractivity contribution in [3.8, 4) is 0 Å². The summed E-state index contributed by atoms with van der Waals surface area (Å²) < 4.78 is 6.36. The first-order chi connectivity index (χ1) is 10.4. The number of carboxylic acid groups (broad SMARTS) is 1. The van der Waals surface area contributed by atoms with Gasteiger partial charge in [0.2, 0.25) is 8.32 Å². The molecule has 2 N–H and O–H groups in total. The molecule has 0 unspecified atom stereocenters. The first-order valence-electron chi connectivity index (χ1n) is 7.26. The van der Waals surface area contributed by atoms with Crippen LogP contribution in [-0.2, 0) is 4.74 Å². The monoisotopic (exact) mass is 335 g/mol. The molecule has 2 rings (SSSR count). The Balaban J connectivity index is 2.75. The van der Waals surface area contributed by atoms with Crippen molar-refractivity contribution in [1.29, 1.82) is 0 Å². The molecule has 0 fully saturated rings. The summed E-state index contributed by atoms with van der Waals surface area (Å²) in [6.45, 7) is 8.63. The SMILES string of the molecule is CC(C)(C)OC(=O)n1c(C(=O)O)cc2c([Si](C)(C)O)cccc21. The van der Waals surface area contributed by atoms with E-state index in [1.54, 1.807) is 52.1 Å². The second-order valence-electron chi connectivity index (χ2n) is 6.95. The third-order valence-corrected chi connectivity index (χ3v) is 5.05. The number of carbonyl (C=O) groups is 2. The average molecular weight is 335 g/mol. The van der Waals surface area contributed by atoms with E-state index in [1.165, 1.54) is 6.07 Å². The molecule has 0 bridgehead atoms. The van der Waals surface area contributed by atoms with E-state index in [0.29, 0.717) is 16.1 Å². The number of fused-ring (bicyclic) bond motifs is 1. The number of benzene rings is 1. The summed E-state index contributed by atoms with van der Waals surface area (Å²) in [7, 11) is -2.68. The van der Waals surface area contributed by atoms with Gasteiger partial charge in [-0.3, -0.25) is 0 Å². The van der Waals surface area contributed by atoms with Crippen LogP contribution in [-0.4, -0.2) is 40.5 Å². The fourth-order valence-corrected chi connectivity index (χ4v) is 3.79. The lowest BCUT2D eigenvalue weighted by atomic mass is 10.2. The van der Waals surface area contributed by atoms with Crippen LogP contribution < -0.4 is 5.19 Å². The Morgan fingerprint density at radius 2 is 1.83 bits per heavy atom. The molecule has 0 aliphatic heterocycles.